The van der Waals surface area contributed by atoms with Gasteiger partial charge in [0.05, 0.1) is 31.0 Å². The molecule has 0 atom stereocenters. The van der Waals surface area contributed by atoms with Crippen molar-refractivity contribution < 1.29 is 14.3 Å². The summed E-state index contributed by atoms with van der Waals surface area (Å²) in [6.07, 6.45) is 0.675. The number of nitrogens with one attached hydrogen (secondary N) is 1. The first-order chi connectivity index (χ1) is 15.6. The number of aromatic nitrogens is 1. The lowest BCUT2D eigenvalue weighted by molar-refractivity contribution is 0.0955. The first-order valence-corrected chi connectivity index (χ1v) is 11.0. The number of rotatable bonds is 7. The molecule has 3 aromatic carbocycles. The summed E-state index contributed by atoms with van der Waals surface area (Å²) in [5.74, 6) is 1.24. The largest absolute Gasteiger partial charge is 0.493 e. The Morgan fingerprint density at radius 1 is 0.938 bits per heavy atom. The minimum Gasteiger partial charge on any atom is -0.493 e. The summed E-state index contributed by atoms with van der Waals surface area (Å²) < 4.78 is 11.6. The van der Waals surface area contributed by atoms with Gasteiger partial charge in [-0.1, -0.05) is 52.3 Å². The summed E-state index contributed by atoms with van der Waals surface area (Å²) >= 11 is 3.46. The highest BCUT2D eigenvalue weighted by Crippen LogP contribution is 2.28. The lowest BCUT2D eigenvalue weighted by Gasteiger charge is -2.12. The van der Waals surface area contributed by atoms with Gasteiger partial charge >= 0.3 is 0 Å². The summed E-state index contributed by atoms with van der Waals surface area (Å²) in [5, 5.41) is 3.88. The Kier molecular flexibility index (Phi) is 6.71. The number of nitrogens with zero attached hydrogens (tertiary/aromatic N) is 1. The quantitative estimate of drug-likeness (QED) is 0.363. The molecule has 0 aliphatic heterocycles. The van der Waals surface area contributed by atoms with Gasteiger partial charge in [-0.15, -0.1) is 0 Å². The normalized spacial score (nSPS) is 10.7. The van der Waals surface area contributed by atoms with Gasteiger partial charge in [0.15, 0.2) is 11.5 Å². The second kappa shape index (κ2) is 9.83. The maximum Gasteiger partial charge on any atom is 0.252 e. The van der Waals surface area contributed by atoms with Crippen LogP contribution in [0.2, 0.25) is 0 Å². The van der Waals surface area contributed by atoms with Crippen molar-refractivity contribution in [2.75, 3.05) is 20.8 Å². The predicted molar refractivity (Wildman–Crippen MR) is 130 cm³/mol. The third-order valence-corrected chi connectivity index (χ3v) is 5.78. The molecule has 4 aromatic rings. The second-order valence-corrected chi connectivity index (χ2v) is 8.19. The monoisotopic (exact) mass is 490 g/mol. The molecule has 0 aliphatic rings. The van der Waals surface area contributed by atoms with Crippen molar-refractivity contribution in [2.24, 2.45) is 0 Å². The van der Waals surface area contributed by atoms with E-state index in [0.29, 0.717) is 30.0 Å². The summed E-state index contributed by atoms with van der Waals surface area (Å²) in [7, 11) is 3.22. The van der Waals surface area contributed by atoms with Gasteiger partial charge in [0.25, 0.3) is 5.91 Å². The number of hydrogen-bond acceptors (Lipinski definition) is 4. The molecule has 1 N–H and O–H groups in total. The number of ether oxygens (including phenoxy) is 2. The fourth-order valence-corrected chi connectivity index (χ4v) is 3.85. The van der Waals surface area contributed by atoms with Crippen LogP contribution in [-0.2, 0) is 6.42 Å². The van der Waals surface area contributed by atoms with Crippen LogP contribution in [-0.4, -0.2) is 31.7 Å². The van der Waals surface area contributed by atoms with Crippen molar-refractivity contribution in [3.8, 4) is 22.8 Å². The zero-order chi connectivity index (χ0) is 22.5. The molecule has 0 saturated carbocycles. The third-order valence-electron chi connectivity index (χ3n) is 5.25. The summed E-state index contributed by atoms with van der Waals surface area (Å²) in [6, 6.07) is 23.2. The number of methoxy groups -OCH3 is 2. The molecule has 5 nitrogen and oxygen atoms in total. The Morgan fingerprint density at radius 3 is 2.44 bits per heavy atom. The Bertz CT molecular complexity index is 1260. The number of halogens is 1. The number of fused-ring (bicyclic) bond motifs is 1. The third kappa shape index (κ3) is 4.75. The van der Waals surface area contributed by atoms with Crippen LogP contribution in [0, 0.1) is 0 Å². The van der Waals surface area contributed by atoms with Crippen molar-refractivity contribution in [2.45, 2.75) is 6.42 Å². The van der Waals surface area contributed by atoms with Crippen LogP contribution in [0.4, 0.5) is 0 Å². The number of pyridine rings is 1. The molecule has 0 spiro atoms. The van der Waals surface area contributed by atoms with Gasteiger partial charge in [0.2, 0.25) is 0 Å². The molecule has 1 amide bonds. The van der Waals surface area contributed by atoms with E-state index in [0.717, 1.165) is 32.2 Å². The molecule has 0 aliphatic carbocycles. The van der Waals surface area contributed by atoms with Gasteiger partial charge in [-0.2, -0.15) is 0 Å². The average molecular weight is 491 g/mol. The summed E-state index contributed by atoms with van der Waals surface area (Å²) in [5.41, 5.74) is 4.18. The van der Waals surface area contributed by atoms with Gasteiger partial charge in [-0.05, 0) is 48.4 Å². The average Bonchev–Trinajstić information content (AvgIpc) is 2.83. The van der Waals surface area contributed by atoms with Gasteiger partial charge in [-0.25, -0.2) is 4.98 Å². The van der Waals surface area contributed by atoms with E-state index in [9.17, 15) is 4.79 Å². The summed E-state index contributed by atoms with van der Waals surface area (Å²) in [6.45, 7) is 0.499. The van der Waals surface area contributed by atoms with Crippen LogP contribution < -0.4 is 14.8 Å². The van der Waals surface area contributed by atoms with Crippen LogP contribution in [0.3, 0.4) is 0 Å². The minimum atomic E-state index is -0.123. The summed E-state index contributed by atoms with van der Waals surface area (Å²) in [4.78, 5) is 17.9. The minimum absolute atomic E-state index is 0.123. The molecule has 0 unspecified atom stereocenters. The highest BCUT2D eigenvalue weighted by molar-refractivity contribution is 9.10. The first-order valence-electron chi connectivity index (χ1n) is 10.2. The highest BCUT2D eigenvalue weighted by atomic mass is 79.9. The topological polar surface area (TPSA) is 60.5 Å². The van der Waals surface area contributed by atoms with Crippen LogP contribution in [0.5, 0.6) is 11.5 Å². The molecule has 0 fully saturated rings. The Labute approximate surface area is 195 Å². The van der Waals surface area contributed by atoms with Gasteiger partial charge in [-0.3, -0.25) is 4.79 Å². The van der Waals surface area contributed by atoms with Crippen LogP contribution in [0.25, 0.3) is 22.2 Å². The maximum absolute atomic E-state index is 13.1. The highest BCUT2D eigenvalue weighted by Gasteiger charge is 2.14. The van der Waals surface area contributed by atoms with Crippen molar-refractivity contribution >= 4 is 32.7 Å². The number of amides is 1. The van der Waals surface area contributed by atoms with Crippen molar-refractivity contribution in [3.05, 3.63) is 88.4 Å². The van der Waals surface area contributed by atoms with Crippen LogP contribution >= 0.6 is 15.9 Å². The van der Waals surface area contributed by atoms with E-state index in [1.165, 1.54) is 0 Å². The number of hydrogen-bond donors (Lipinski definition) is 1. The van der Waals surface area contributed by atoms with Crippen LogP contribution in [0.1, 0.15) is 15.9 Å². The van der Waals surface area contributed by atoms with E-state index in [1.807, 2.05) is 72.8 Å². The first kappa shape index (κ1) is 21.8. The standard InChI is InChI=1S/C26H23BrN2O3/c1-31-24-12-7-17(15-25(24)32-2)13-14-28-26(30)21-16-23(18-8-10-19(27)11-9-18)29-22-6-4-3-5-20(21)22/h3-12,15-16H,13-14H2,1-2H3,(H,28,30). The molecule has 1 heterocycles. The van der Waals surface area contributed by atoms with E-state index in [2.05, 4.69) is 21.2 Å². The van der Waals surface area contributed by atoms with E-state index >= 15 is 0 Å². The molecule has 0 bridgehead atoms. The van der Waals surface area contributed by atoms with Gasteiger partial charge in [0.1, 0.15) is 0 Å². The maximum atomic E-state index is 13.1. The Balaban J connectivity index is 1.56. The van der Waals surface area contributed by atoms with Crippen LogP contribution in [0.15, 0.2) is 77.3 Å². The molecule has 0 radical (unpaired) electrons. The lowest BCUT2D eigenvalue weighted by atomic mass is 10.0. The molecule has 32 heavy (non-hydrogen) atoms. The van der Waals surface area contributed by atoms with Gasteiger partial charge in [0, 0.05) is 22.0 Å². The van der Waals surface area contributed by atoms with Crippen molar-refractivity contribution in [1.29, 1.82) is 0 Å². The smallest absolute Gasteiger partial charge is 0.252 e. The van der Waals surface area contributed by atoms with Gasteiger partial charge < -0.3 is 14.8 Å². The molecule has 6 heteroatoms. The van der Waals surface area contributed by atoms with Crippen molar-refractivity contribution in [1.82, 2.24) is 10.3 Å². The predicted octanol–water partition coefficient (Wildman–Crippen LogP) is 5.65. The Hall–Kier alpha value is -3.38. The number of carbonyl (C=O) groups is 1. The van der Waals surface area contributed by atoms with E-state index < -0.39 is 0 Å². The fraction of sp³-hybridized carbons (Fsp3) is 0.154. The molecule has 1 aromatic heterocycles. The fourth-order valence-electron chi connectivity index (χ4n) is 3.58. The zero-order valence-electron chi connectivity index (χ0n) is 17.9. The van der Waals surface area contributed by atoms with Crippen molar-refractivity contribution in [3.63, 3.8) is 0 Å². The lowest BCUT2D eigenvalue weighted by Crippen LogP contribution is -2.26. The molecular formula is C26H23BrN2O3. The molecule has 4 rings (SSSR count). The zero-order valence-corrected chi connectivity index (χ0v) is 19.5. The SMILES string of the molecule is COc1ccc(CCNC(=O)c2cc(-c3ccc(Br)cc3)nc3ccccc23)cc1OC. The number of benzene rings is 3. The number of para-hydroxylation sites is 1. The second-order valence-electron chi connectivity index (χ2n) is 7.27. The molecule has 0 saturated heterocycles. The Morgan fingerprint density at radius 2 is 1.69 bits per heavy atom. The number of carbonyl (C=O) groups excluding carboxylic acids is 1. The van der Waals surface area contributed by atoms with E-state index in [4.69, 9.17) is 14.5 Å². The van der Waals surface area contributed by atoms with E-state index in [-0.39, 0.29) is 5.91 Å². The molecule has 162 valence electrons. The molecular weight excluding hydrogens is 468 g/mol. The van der Waals surface area contributed by atoms with E-state index in [1.54, 1.807) is 14.2 Å².